The lowest BCUT2D eigenvalue weighted by Gasteiger charge is -2.33. The Morgan fingerprint density at radius 3 is 2.50 bits per heavy atom. The molecule has 0 aromatic heterocycles. The third-order valence-corrected chi connectivity index (χ3v) is 6.95. The molecule has 1 aromatic carbocycles. The second kappa shape index (κ2) is 9.37. The smallest absolute Gasteiger partial charge is 0.244 e. The molecule has 1 aromatic rings. The zero-order valence-electron chi connectivity index (χ0n) is 15.0. The summed E-state index contributed by atoms with van der Waals surface area (Å²) in [6.07, 6.45) is 1.96. The molecule has 1 aliphatic heterocycles. The van der Waals surface area contributed by atoms with Crippen LogP contribution in [0.5, 0.6) is 0 Å². The van der Waals surface area contributed by atoms with Crippen LogP contribution in [0, 0.1) is 0 Å². The van der Waals surface area contributed by atoms with Gasteiger partial charge in [-0.25, -0.2) is 8.42 Å². The maximum absolute atomic E-state index is 12.8. The van der Waals surface area contributed by atoms with Crippen LogP contribution in [0.3, 0.4) is 0 Å². The highest BCUT2D eigenvalue weighted by atomic mass is 35.5. The number of rotatable bonds is 7. The third kappa shape index (κ3) is 5.57. The first-order chi connectivity index (χ1) is 12.2. The molecule has 0 aliphatic carbocycles. The minimum absolute atomic E-state index is 0.0197. The van der Waals surface area contributed by atoms with Gasteiger partial charge < -0.3 is 5.32 Å². The van der Waals surface area contributed by atoms with E-state index in [1.807, 2.05) is 11.8 Å². The summed E-state index contributed by atoms with van der Waals surface area (Å²) in [7, 11) is -3.70. The first kappa shape index (κ1) is 21.4. The summed E-state index contributed by atoms with van der Waals surface area (Å²) < 4.78 is 27.0. The van der Waals surface area contributed by atoms with Crippen LogP contribution in [0.2, 0.25) is 10.0 Å². The van der Waals surface area contributed by atoms with Crippen molar-refractivity contribution in [2.24, 2.45) is 0 Å². The summed E-state index contributed by atoms with van der Waals surface area (Å²) in [6, 6.07) is 4.56. The van der Waals surface area contributed by atoms with Crippen LogP contribution >= 0.6 is 23.2 Å². The molecular weight excluding hydrogens is 397 g/mol. The van der Waals surface area contributed by atoms with Gasteiger partial charge in [0.15, 0.2) is 0 Å². The Labute approximate surface area is 165 Å². The maximum atomic E-state index is 12.8. The van der Waals surface area contributed by atoms with E-state index in [4.69, 9.17) is 23.2 Å². The first-order valence-electron chi connectivity index (χ1n) is 8.71. The number of benzene rings is 1. The Bertz CT molecular complexity index is 735. The highest BCUT2D eigenvalue weighted by Gasteiger charge is 2.30. The summed E-state index contributed by atoms with van der Waals surface area (Å²) in [4.78, 5) is 14.0. The molecule has 0 radical (unpaired) electrons. The van der Waals surface area contributed by atoms with Gasteiger partial charge in [0.25, 0.3) is 0 Å². The molecular formula is C17H25Cl2N3O3S. The molecule has 26 heavy (non-hydrogen) atoms. The molecule has 1 atom stereocenters. The highest BCUT2D eigenvalue weighted by molar-refractivity contribution is 7.89. The fraction of sp³-hybridized carbons (Fsp3) is 0.588. The van der Waals surface area contributed by atoms with Crippen LogP contribution in [0.4, 0.5) is 0 Å². The van der Waals surface area contributed by atoms with Crippen molar-refractivity contribution in [3.63, 3.8) is 0 Å². The van der Waals surface area contributed by atoms with Gasteiger partial charge in [-0.05, 0) is 31.5 Å². The Kier molecular flexibility index (Phi) is 7.73. The van der Waals surface area contributed by atoms with Crippen molar-refractivity contribution in [1.29, 1.82) is 0 Å². The molecule has 6 nitrogen and oxygen atoms in total. The van der Waals surface area contributed by atoms with Gasteiger partial charge in [0.1, 0.15) is 4.90 Å². The Morgan fingerprint density at radius 2 is 1.88 bits per heavy atom. The van der Waals surface area contributed by atoms with Crippen molar-refractivity contribution in [2.75, 3.05) is 32.7 Å². The van der Waals surface area contributed by atoms with Gasteiger partial charge in [0, 0.05) is 37.2 Å². The zero-order valence-corrected chi connectivity index (χ0v) is 17.4. The summed E-state index contributed by atoms with van der Waals surface area (Å²) in [5.74, 6) is -0.0276. The highest BCUT2D eigenvalue weighted by Crippen LogP contribution is 2.28. The number of piperazine rings is 1. The molecule has 1 N–H and O–H groups in total. The second-order valence-electron chi connectivity index (χ2n) is 6.51. The average Bonchev–Trinajstić information content (AvgIpc) is 2.57. The largest absolute Gasteiger partial charge is 0.353 e. The van der Waals surface area contributed by atoms with Crippen LogP contribution < -0.4 is 5.32 Å². The van der Waals surface area contributed by atoms with Crippen molar-refractivity contribution in [1.82, 2.24) is 14.5 Å². The molecule has 0 spiro atoms. The number of halogens is 2. The van der Waals surface area contributed by atoms with Crippen molar-refractivity contribution in [2.45, 2.75) is 37.6 Å². The minimum atomic E-state index is -3.70. The normalized spacial score (nSPS) is 17.8. The van der Waals surface area contributed by atoms with Crippen molar-refractivity contribution < 1.29 is 13.2 Å². The number of sulfonamides is 1. The standard InChI is InChI=1S/C17H25Cl2N3O3S/c1-3-4-13(2)20-17(23)12-21-7-9-22(10-8-21)26(24,25)16-11-14(18)5-6-15(16)19/h5-6,11,13H,3-4,7-10,12H2,1-2H3,(H,20,23)/t13-/m0/s1. The molecule has 1 amide bonds. The van der Waals surface area contributed by atoms with Crippen molar-refractivity contribution >= 4 is 39.1 Å². The summed E-state index contributed by atoms with van der Waals surface area (Å²) in [6.45, 7) is 5.95. The van der Waals surface area contributed by atoms with E-state index >= 15 is 0 Å². The lowest BCUT2D eigenvalue weighted by atomic mass is 10.2. The quantitative estimate of drug-likeness (QED) is 0.734. The topological polar surface area (TPSA) is 69.7 Å². The lowest BCUT2D eigenvalue weighted by molar-refractivity contribution is -0.123. The zero-order chi connectivity index (χ0) is 19.3. The number of amides is 1. The van der Waals surface area contributed by atoms with Crippen LogP contribution in [0.25, 0.3) is 0 Å². The molecule has 1 aliphatic rings. The number of hydrogen-bond acceptors (Lipinski definition) is 4. The molecule has 0 bridgehead atoms. The SMILES string of the molecule is CCC[C@H](C)NC(=O)CN1CCN(S(=O)(=O)c2cc(Cl)ccc2Cl)CC1. The van der Waals surface area contributed by atoms with E-state index in [2.05, 4.69) is 12.2 Å². The van der Waals surface area contributed by atoms with E-state index in [1.54, 1.807) is 6.07 Å². The summed E-state index contributed by atoms with van der Waals surface area (Å²) in [5.41, 5.74) is 0. The van der Waals surface area contributed by atoms with Gasteiger partial charge in [-0.2, -0.15) is 4.31 Å². The molecule has 1 heterocycles. The van der Waals surface area contributed by atoms with E-state index in [-0.39, 0.29) is 28.4 Å². The van der Waals surface area contributed by atoms with Crippen molar-refractivity contribution in [3.05, 3.63) is 28.2 Å². The van der Waals surface area contributed by atoms with Gasteiger partial charge in [-0.3, -0.25) is 9.69 Å². The van der Waals surface area contributed by atoms with Gasteiger partial charge in [0.05, 0.1) is 11.6 Å². The van der Waals surface area contributed by atoms with Crippen LogP contribution in [-0.2, 0) is 14.8 Å². The van der Waals surface area contributed by atoms with Crippen LogP contribution in [0.15, 0.2) is 23.1 Å². The van der Waals surface area contributed by atoms with Gasteiger partial charge >= 0.3 is 0 Å². The Balaban J connectivity index is 1.93. The number of nitrogens with one attached hydrogen (secondary N) is 1. The van der Waals surface area contributed by atoms with E-state index in [9.17, 15) is 13.2 Å². The Morgan fingerprint density at radius 1 is 1.23 bits per heavy atom. The molecule has 1 fully saturated rings. The molecule has 0 saturated carbocycles. The van der Waals surface area contributed by atoms with E-state index < -0.39 is 10.0 Å². The van der Waals surface area contributed by atoms with E-state index in [0.717, 1.165) is 12.8 Å². The number of carbonyl (C=O) groups excluding carboxylic acids is 1. The van der Waals surface area contributed by atoms with Crippen molar-refractivity contribution in [3.8, 4) is 0 Å². The van der Waals surface area contributed by atoms with Gasteiger partial charge in [-0.1, -0.05) is 36.5 Å². The van der Waals surface area contributed by atoms with Gasteiger partial charge in [-0.15, -0.1) is 0 Å². The van der Waals surface area contributed by atoms with E-state index in [0.29, 0.717) is 31.2 Å². The minimum Gasteiger partial charge on any atom is -0.353 e. The molecule has 0 unspecified atom stereocenters. The molecule has 1 saturated heterocycles. The second-order valence-corrected chi connectivity index (χ2v) is 9.26. The third-order valence-electron chi connectivity index (χ3n) is 4.34. The summed E-state index contributed by atoms with van der Waals surface area (Å²) in [5, 5.41) is 3.44. The monoisotopic (exact) mass is 421 g/mol. The van der Waals surface area contributed by atoms with Crippen LogP contribution in [-0.4, -0.2) is 62.3 Å². The molecule has 9 heteroatoms. The predicted octanol–water partition coefficient (Wildman–Crippen LogP) is 2.60. The average molecular weight is 422 g/mol. The number of hydrogen-bond donors (Lipinski definition) is 1. The molecule has 146 valence electrons. The fourth-order valence-corrected chi connectivity index (χ4v) is 5.13. The fourth-order valence-electron chi connectivity index (χ4n) is 2.97. The van der Waals surface area contributed by atoms with E-state index in [1.165, 1.54) is 16.4 Å². The maximum Gasteiger partial charge on any atom is 0.244 e. The number of carbonyl (C=O) groups is 1. The van der Waals surface area contributed by atoms with Crippen LogP contribution in [0.1, 0.15) is 26.7 Å². The summed E-state index contributed by atoms with van der Waals surface area (Å²) >= 11 is 12.0. The van der Waals surface area contributed by atoms with Gasteiger partial charge in [0.2, 0.25) is 15.9 Å². The first-order valence-corrected chi connectivity index (χ1v) is 10.9. The Hall–Kier alpha value is -0.860. The molecule has 2 rings (SSSR count). The lowest BCUT2D eigenvalue weighted by Crippen LogP contribution is -2.51. The predicted molar refractivity (Wildman–Crippen MR) is 104 cm³/mol. The number of nitrogens with zero attached hydrogens (tertiary/aromatic N) is 2.